The van der Waals surface area contributed by atoms with Gasteiger partial charge in [0, 0.05) is 22.6 Å². The summed E-state index contributed by atoms with van der Waals surface area (Å²) in [5.41, 5.74) is 4.68. The van der Waals surface area contributed by atoms with Crippen LogP contribution in [0.25, 0.3) is 0 Å². The van der Waals surface area contributed by atoms with E-state index in [-0.39, 0.29) is 28.8 Å². The molecule has 6 unspecified atom stereocenters. The fourth-order valence-corrected chi connectivity index (χ4v) is 7.43. The average Bonchev–Trinajstić information content (AvgIpc) is 3.16. The molecule has 1 saturated heterocycles. The lowest BCUT2D eigenvalue weighted by molar-refractivity contribution is -0.140. The monoisotopic (exact) mass is 476 g/mol. The molecule has 2 saturated carbocycles. The molecular weight excluding hydrogens is 440 g/mol. The van der Waals surface area contributed by atoms with Crippen molar-refractivity contribution in [3.63, 3.8) is 0 Å². The van der Waals surface area contributed by atoms with Gasteiger partial charge in [0.25, 0.3) is 0 Å². The zero-order valence-corrected chi connectivity index (χ0v) is 21.2. The number of hydrogen-bond donors (Lipinski definition) is 0. The largest absolute Gasteiger partial charge is 0.457 e. The molecule has 5 nitrogen and oxygen atoms in total. The Morgan fingerprint density at radius 3 is 2.60 bits per heavy atom. The number of esters is 2. The molecule has 4 aliphatic carbocycles. The number of carbonyl (C=O) groups is 3. The van der Waals surface area contributed by atoms with Crippen LogP contribution in [-0.4, -0.2) is 23.8 Å². The summed E-state index contributed by atoms with van der Waals surface area (Å²) in [7, 11) is 0. The van der Waals surface area contributed by atoms with Gasteiger partial charge in [0.2, 0.25) is 5.78 Å². The first-order valence-corrected chi connectivity index (χ1v) is 13.0. The van der Waals surface area contributed by atoms with Crippen molar-refractivity contribution in [3.8, 4) is 0 Å². The summed E-state index contributed by atoms with van der Waals surface area (Å²) in [5.74, 6) is -1.21. The number of rotatable bonds is 3. The smallest absolute Gasteiger partial charge is 0.339 e. The predicted octanol–water partition coefficient (Wildman–Crippen LogP) is 5.93. The van der Waals surface area contributed by atoms with Crippen LogP contribution in [0.15, 0.2) is 58.9 Å². The van der Waals surface area contributed by atoms with E-state index in [1.54, 1.807) is 0 Å². The van der Waals surface area contributed by atoms with E-state index < -0.39 is 24.0 Å². The molecule has 5 rings (SSSR count). The molecule has 186 valence electrons. The Bertz CT molecular complexity index is 1130. The van der Waals surface area contributed by atoms with Gasteiger partial charge in [-0.1, -0.05) is 37.8 Å². The highest BCUT2D eigenvalue weighted by molar-refractivity contribution is 6.13. The van der Waals surface area contributed by atoms with Gasteiger partial charge in [-0.05, 0) is 88.0 Å². The fraction of sp³-hybridized carbons (Fsp3) is 0.567. The van der Waals surface area contributed by atoms with Crippen LogP contribution >= 0.6 is 0 Å². The minimum atomic E-state index is -0.526. The maximum Gasteiger partial charge on any atom is 0.339 e. The summed E-state index contributed by atoms with van der Waals surface area (Å²) < 4.78 is 11.5. The van der Waals surface area contributed by atoms with E-state index in [0.717, 1.165) is 37.7 Å². The number of fused-ring (bicyclic) bond motifs is 4. The summed E-state index contributed by atoms with van der Waals surface area (Å²) >= 11 is 0. The van der Waals surface area contributed by atoms with Gasteiger partial charge in [0.1, 0.15) is 6.10 Å². The average molecular weight is 477 g/mol. The van der Waals surface area contributed by atoms with E-state index in [9.17, 15) is 14.4 Å². The second-order valence-corrected chi connectivity index (χ2v) is 11.7. The van der Waals surface area contributed by atoms with Gasteiger partial charge in [-0.15, -0.1) is 0 Å². The Hall–Kier alpha value is -2.69. The lowest BCUT2D eigenvalue weighted by Gasteiger charge is -2.48. The second-order valence-electron chi connectivity index (χ2n) is 11.7. The molecule has 0 aromatic rings. The first-order chi connectivity index (χ1) is 16.5. The summed E-state index contributed by atoms with van der Waals surface area (Å²) in [6.07, 6.45) is 7.19. The Kier molecular flexibility index (Phi) is 5.81. The second kappa shape index (κ2) is 8.46. The van der Waals surface area contributed by atoms with Gasteiger partial charge >= 0.3 is 11.9 Å². The van der Waals surface area contributed by atoms with E-state index in [4.69, 9.17) is 9.47 Å². The minimum Gasteiger partial charge on any atom is -0.457 e. The van der Waals surface area contributed by atoms with Crippen molar-refractivity contribution in [1.82, 2.24) is 0 Å². The molecule has 0 spiro atoms. The summed E-state index contributed by atoms with van der Waals surface area (Å²) in [4.78, 5) is 39.0. The molecule has 3 fully saturated rings. The molecule has 0 aromatic carbocycles. The van der Waals surface area contributed by atoms with E-state index >= 15 is 0 Å². The Morgan fingerprint density at radius 1 is 1.11 bits per heavy atom. The zero-order valence-electron chi connectivity index (χ0n) is 21.2. The van der Waals surface area contributed by atoms with Crippen LogP contribution in [0.2, 0.25) is 0 Å². The number of allylic oxidation sites excluding steroid dienone is 3. The normalized spacial score (nSPS) is 36.9. The van der Waals surface area contributed by atoms with Crippen molar-refractivity contribution < 1.29 is 23.9 Å². The first-order valence-electron chi connectivity index (χ1n) is 13.0. The Balaban J connectivity index is 1.36. The lowest BCUT2D eigenvalue weighted by atomic mass is 9.56. The van der Waals surface area contributed by atoms with Crippen molar-refractivity contribution in [2.75, 3.05) is 0 Å². The van der Waals surface area contributed by atoms with Gasteiger partial charge in [0.15, 0.2) is 5.76 Å². The van der Waals surface area contributed by atoms with Crippen molar-refractivity contribution >= 4 is 17.7 Å². The standard InChI is InChI=1S/C30H36O5/c1-15-8-7-12-30(6)13-11-20(14-22(15)30)17(3)28(32)34-26-19(5)24-23(25(26)31)16(2)9-10-21-18(4)29(33)35-27(21)24/h20-22,24,27H,1,3-4,7-14H2,2,5-6H3. The van der Waals surface area contributed by atoms with E-state index in [1.807, 2.05) is 13.8 Å². The zero-order chi connectivity index (χ0) is 25.2. The van der Waals surface area contributed by atoms with E-state index in [2.05, 4.69) is 26.7 Å². The molecule has 0 amide bonds. The van der Waals surface area contributed by atoms with E-state index in [0.29, 0.717) is 34.6 Å². The molecule has 0 bridgehead atoms. The van der Waals surface area contributed by atoms with Crippen LogP contribution in [0, 0.1) is 29.1 Å². The minimum absolute atomic E-state index is 0.0303. The summed E-state index contributed by atoms with van der Waals surface area (Å²) in [6.45, 7) is 18.5. The topological polar surface area (TPSA) is 69.7 Å². The molecule has 1 heterocycles. The number of carbonyl (C=O) groups excluding carboxylic acids is 3. The molecule has 35 heavy (non-hydrogen) atoms. The molecule has 5 aliphatic rings. The van der Waals surface area contributed by atoms with Crippen molar-refractivity contribution in [2.24, 2.45) is 29.1 Å². The molecular formula is C30H36O5. The van der Waals surface area contributed by atoms with Gasteiger partial charge in [-0.3, -0.25) is 4.79 Å². The summed E-state index contributed by atoms with van der Waals surface area (Å²) in [5, 5.41) is 0. The maximum absolute atomic E-state index is 13.5. The van der Waals surface area contributed by atoms with Gasteiger partial charge in [-0.2, -0.15) is 0 Å². The SMILES string of the molecule is C=C(C(=O)OC1=C(C)C2C(=C(C)CCC3C(=C)C(=O)OC32)C1=O)C1CCC2(C)CCCC(=C)C2C1. The van der Waals surface area contributed by atoms with Crippen LogP contribution in [-0.2, 0) is 23.9 Å². The number of ketones is 1. The van der Waals surface area contributed by atoms with Gasteiger partial charge < -0.3 is 9.47 Å². The van der Waals surface area contributed by atoms with Crippen LogP contribution in [0.3, 0.4) is 0 Å². The van der Waals surface area contributed by atoms with E-state index in [1.165, 1.54) is 18.4 Å². The third-order valence-electron chi connectivity index (χ3n) is 9.67. The third-order valence-corrected chi connectivity index (χ3v) is 9.67. The van der Waals surface area contributed by atoms with Crippen LogP contribution in [0.5, 0.6) is 0 Å². The van der Waals surface area contributed by atoms with Crippen LogP contribution < -0.4 is 0 Å². The molecule has 6 atom stereocenters. The highest BCUT2D eigenvalue weighted by atomic mass is 16.6. The number of ether oxygens (including phenoxy) is 2. The third kappa shape index (κ3) is 3.70. The quantitative estimate of drug-likeness (QED) is 0.287. The van der Waals surface area contributed by atoms with Gasteiger partial charge in [-0.25, -0.2) is 9.59 Å². The molecule has 0 N–H and O–H groups in total. The molecule has 5 heteroatoms. The molecule has 1 aliphatic heterocycles. The lowest BCUT2D eigenvalue weighted by Crippen LogP contribution is -2.39. The summed E-state index contributed by atoms with van der Waals surface area (Å²) in [6, 6.07) is 0. The van der Waals surface area contributed by atoms with Crippen molar-refractivity contribution in [1.29, 1.82) is 0 Å². The predicted molar refractivity (Wildman–Crippen MR) is 133 cm³/mol. The Labute approximate surface area is 208 Å². The first kappa shape index (κ1) is 24.0. The van der Waals surface area contributed by atoms with Crippen LogP contribution in [0.4, 0.5) is 0 Å². The van der Waals surface area contributed by atoms with Crippen LogP contribution in [0.1, 0.15) is 72.1 Å². The molecule has 0 radical (unpaired) electrons. The maximum atomic E-state index is 13.5. The molecule has 0 aromatic heterocycles. The highest BCUT2D eigenvalue weighted by Crippen LogP contribution is 2.55. The number of Topliss-reactive ketones (excluding diaryl/α,β-unsaturated/α-hetero) is 1. The Morgan fingerprint density at radius 2 is 1.86 bits per heavy atom. The van der Waals surface area contributed by atoms with Gasteiger partial charge in [0.05, 0.1) is 5.92 Å². The number of hydrogen-bond acceptors (Lipinski definition) is 5. The fourth-order valence-electron chi connectivity index (χ4n) is 7.43. The van der Waals surface area contributed by atoms with Crippen molar-refractivity contribution in [3.05, 3.63) is 58.9 Å². The van der Waals surface area contributed by atoms with Crippen molar-refractivity contribution in [2.45, 2.75) is 78.2 Å². The highest BCUT2D eigenvalue weighted by Gasteiger charge is 2.52.